The standard InChI is InChI=1S/C38H28Br4N8/c39-25-5-13-29(14-6-25)47-21-22-48(30-15-7-26(40)8-16-30)36-35(47)43-33(44-36)3-1-2-4-34-45-37-38(46-34)50(32-19-11-28(42)12-20-32)24-23-49(37)31-17-9-27(41)10-18-31/h1-20H,21-24H2/b2-1+. The van der Waals surface area contributed by atoms with Gasteiger partial charge >= 0.3 is 0 Å². The van der Waals surface area contributed by atoms with Crippen molar-refractivity contribution in [1.29, 1.82) is 0 Å². The SMILES string of the molecule is Brc1ccc(N2CCN(c3ccc(Br)cc3)C3=NC(=C/C=C/C=C4N=C5C(=N4)N(c4ccc(Br)cc4)CCN5c4ccc(Br)cc4)N=C32)cc1. The molecule has 4 aromatic carbocycles. The molecule has 0 radical (unpaired) electrons. The summed E-state index contributed by atoms with van der Waals surface area (Å²) >= 11 is 14.2. The first-order chi connectivity index (χ1) is 24.4. The van der Waals surface area contributed by atoms with Crippen molar-refractivity contribution in [2.45, 2.75) is 0 Å². The van der Waals surface area contributed by atoms with Crippen LogP contribution in [0.3, 0.4) is 0 Å². The van der Waals surface area contributed by atoms with Gasteiger partial charge in [-0.15, -0.1) is 0 Å². The van der Waals surface area contributed by atoms with Crippen LogP contribution in [-0.4, -0.2) is 49.5 Å². The molecule has 2 saturated heterocycles. The van der Waals surface area contributed by atoms with Crippen LogP contribution in [0.4, 0.5) is 22.7 Å². The summed E-state index contributed by atoms with van der Waals surface area (Å²) in [5, 5.41) is 0. The van der Waals surface area contributed by atoms with Gasteiger partial charge in [0.05, 0.1) is 0 Å². The number of amidine groups is 4. The summed E-state index contributed by atoms with van der Waals surface area (Å²) in [5.74, 6) is 4.60. The predicted molar refractivity (Wildman–Crippen MR) is 221 cm³/mol. The second-order valence-corrected chi connectivity index (χ2v) is 15.4. The van der Waals surface area contributed by atoms with E-state index in [2.05, 4.69) is 180 Å². The van der Waals surface area contributed by atoms with Gasteiger partial charge in [0, 0.05) is 66.8 Å². The smallest absolute Gasteiger partial charge is 0.179 e. The third-order valence-electron chi connectivity index (χ3n) is 8.55. The molecule has 4 aliphatic heterocycles. The van der Waals surface area contributed by atoms with Crippen molar-refractivity contribution in [2.24, 2.45) is 20.0 Å². The lowest BCUT2D eigenvalue weighted by atomic mass is 10.2. The van der Waals surface area contributed by atoms with Gasteiger partial charge in [0.1, 0.15) is 0 Å². The lowest BCUT2D eigenvalue weighted by molar-refractivity contribution is 0.898. The van der Waals surface area contributed by atoms with Gasteiger partial charge in [0.25, 0.3) is 0 Å². The van der Waals surface area contributed by atoms with Crippen molar-refractivity contribution in [3.05, 3.63) is 151 Å². The molecule has 0 spiro atoms. The van der Waals surface area contributed by atoms with Crippen molar-refractivity contribution in [1.82, 2.24) is 0 Å². The highest BCUT2D eigenvalue weighted by Crippen LogP contribution is 2.31. The zero-order chi connectivity index (χ0) is 34.2. The number of benzene rings is 4. The lowest BCUT2D eigenvalue weighted by Crippen LogP contribution is -2.54. The number of rotatable bonds is 6. The minimum atomic E-state index is 0.635. The molecule has 0 bridgehead atoms. The Kier molecular flexibility index (Phi) is 9.43. The Bertz CT molecular complexity index is 1850. The van der Waals surface area contributed by atoms with Gasteiger partial charge in [-0.2, -0.15) is 0 Å². The van der Waals surface area contributed by atoms with Crippen molar-refractivity contribution in [3.63, 3.8) is 0 Å². The highest BCUT2D eigenvalue weighted by Gasteiger charge is 2.35. The Labute approximate surface area is 324 Å². The Hall–Kier alpha value is -4.10. The van der Waals surface area contributed by atoms with Crippen LogP contribution in [0.1, 0.15) is 0 Å². The predicted octanol–water partition coefficient (Wildman–Crippen LogP) is 9.95. The summed E-state index contributed by atoms with van der Waals surface area (Å²) in [6, 6.07) is 33.2. The number of nitrogens with zero attached hydrogens (tertiary/aromatic N) is 8. The summed E-state index contributed by atoms with van der Waals surface area (Å²) < 4.78 is 4.15. The number of fused-ring (bicyclic) bond motifs is 2. The first-order valence-corrected chi connectivity index (χ1v) is 19.1. The molecular formula is C38H28Br4N8. The van der Waals surface area contributed by atoms with Gasteiger partial charge < -0.3 is 19.6 Å². The molecule has 0 atom stereocenters. The highest BCUT2D eigenvalue weighted by molar-refractivity contribution is 9.11. The summed E-state index contributed by atoms with van der Waals surface area (Å²) in [5.41, 5.74) is 4.30. The van der Waals surface area contributed by atoms with E-state index in [1.54, 1.807) is 0 Å². The lowest BCUT2D eigenvalue weighted by Gasteiger charge is -2.37. The summed E-state index contributed by atoms with van der Waals surface area (Å²) in [6.07, 6.45) is 7.75. The van der Waals surface area contributed by atoms with Crippen LogP contribution in [0.2, 0.25) is 0 Å². The van der Waals surface area contributed by atoms with Crippen LogP contribution in [0.15, 0.2) is 171 Å². The van der Waals surface area contributed by atoms with Crippen LogP contribution in [0.5, 0.6) is 0 Å². The molecule has 0 N–H and O–H groups in total. The summed E-state index contributed by atoms with van der Waals surface area (Å²) in [4.78, 5) is 28.9. The van der Waals surface area contributed by atoms with E-state index in [4.69, 9.17) is 20.0 Å². The minimum Gasteiger partial charge on any atom is -0.321 e. The number of allylic oxidation sites excluding steroid dienone is 4. The van der Waals surface area contributed by atoms with Gasteiger partial charge in [0.15, 0.2) is 35.0 Å². The third-order valence-corrected chi connectivity index (χ3v) is 10.7. The van der Waals surface area contributed by atoms with E-state index in [0.717, 1.165) is 90.2 Å². The normalized spacial score (nSPS) is 17.0. The van der Waals surface area contributed by atoms with Gasteiger partial charge in [-0.1, -0.05) is 75.9 Å². The molecule has 0 aliphatic carbocycles. The quantitative estimate of drug-likeness (QED) is 0.193. The number of anilines is 4. The Morgan fingerprint density at radius 3 is 0.800 bits per heavy atom. The molecule has 248 valence electrons. The Morgan fingerprint density at radius 2 is 0.580 bits per heavy atom. The average molecular weight is 916 g/mol. The molecule has 0 aromatic heterocycles. The second-order valence-electron chi connectivity index (χ2n) is 11.7. The van der Waals surface area contributed by atoms with Crippen LogP contribution < -0.4 is 19.6 Å². The van der Waals surface area contributed by atoms with Crippen LogP contribution >= 0.6 is 63.7 Å². The summed E-state index contributed by atoms with van der Waals surface area (Å²) in [7, 11) is 0. The van der Waals surface area contributed by atoms with Crippen LogP contribution in [0, 0.1) is 0 Å². The van der Waals surface area contributed by atoms with E-state index in [-0.39, 0.29) is 0 Å². The zero-order valence-corrected chi connectivity index (χ0v) is 32.8. The van der Waals surface area contributed by atoms with Gasteiger partial charge in [-0.25, -0.2) is 20.0 Å². The number of hydrogen-bond acceptors (Lipinski definition) is 8. The molecule has 0 unspecified atom stereocenters. The molecule has 50 heavy (non-hydrogen) atoms. The van der Waals surface area contributed by atoms with Crippen LogP contribution in [0.25, 0.3) is 0 Å². The fraction of sp³-hybridized carbons (Fsp3) is 0.105. The van der Waals surface area contributed by atoms with Gasteiger partial charge in [-0.05, 0) is 109 Å². The number of halogens is 4. The van der Waals surface area contributed by atoms with E-state index >= 15 is 0 Å². The number of hydrogen-bond donors (Lipinski definition) is 0. The molecule has 4 aromatic rings. The Morgan fingerprint density at radius 1 is 0.360 bits per heavy atom. The van der Waals surface area contributed by atoms with Crippen molar-refractivity contribution in [3.8, 4) is 0 Å². The molecule has 4 aliphatic rings. The topological polar surface area (TPSA) is 62.4 Å². The fourth-order valence-electron chi connectivity index (χ4n) is 6.15. The van der Waals surface area contributed by atoms with Gasteiger partial charge in [0.2, 0.25) is 0 Å². The van der Waals surface area contributed by atoms with Crippen molar-refractivity contribution in [2.75, 3.05) is 45.8 Å². The van der Waals surface area contributed by atoms with E-state index in [0.29, 0.717) is 11.6 Å². The zero-order valence-electron chi connectivity index (χ0n) is 26.5. The molecular weight excluding hydrogens is 888 g/mol. The molecule has 12 heteroatoms. The maximum absolute atomic E-state index is 5.00. The van der Waals surface area contributed by atoms with E-state index in [1.165, 1.54) is 0 Å². The van der Waals surface area contributed by atoms with E-state index in [1.807, 2.05) is 24.3 Å². The van der Waals surface area contributed by atoms with Gasteiger partial charge in [-0.3, -0.25) is 0 Å². The first kappa shape index (κ1) is 33.1. The van der Waals surface area contributed by atoms with E-state index in [9.17, 15) is 0 Å². The molecule has 0 saturated carbocycles. The van der Waals surface area contributed by atoms with Crippen LogP contribution in [-0.2, 0) is 0 Å². The molecule has 8 nitrogen and oxygen atoms in total. The molecule has 2 fully saturated rings. The first-order valence-electron chi connectivity index (χ1n) is 16.0. The Balaban J connectivity index is 1.09. The molecule has 8 rings (SSSR count). The average Bonchev–Trinajstić information content (AvgIpc) is 3.76. The van der Waals surface area contributed by atoms with Crippen molar-refractivity contribution < 1.29 is 0 Å². The second kappa shape index (κ2) is 14.3. The molecule has 0 amide bonds. The summed E-state index contributed by atoms with van der Waals surface area (Å²) in [6.45, 7) is 3.11. The minimum absolute atomic E-state index is 0.635. The maximum Gasteiger partial charge on any atom is 0.179 e. The fourth-order valence-corrected chi connectivity index (χ4v) is 7.21. The largest absolute Gasteiger partial charge is 0.321 e. The van der Waals surface area contributed by atoms with E-state index < -0.39 is 0 Å². The monoisotopic (exact) mass is 912 g/mol. The highest BCUT2D eigenvalue weighted by atomic mass is 79.9. The number of aliphatic imine (C=N–C) groups is 4. The third kappa shape index (κ3) is 6.81. The maximum atomic E-state index is 5.00. The molecule has 4 heterocycles. The number of piperazine rings is 2. The van der Waals surface area contributed by atoms with Crippen molar-refractivity contribution >= 4 is 110 Å².